The minimum Gasteiger partial charge on any atom is -0.494 e. The van der Waals surface area contributed by atoms with Crippen molar-refractivity contribution in [1.82, 2.24) is 4.90 Å². The first-order chi connectivity index (χ1) is 14.2. The molecule has 0 N–H and O–H groups in total. The second kappa shape index (κ2) is 8.09. The third-order valence-corrected chi connectivity index (χ3v) is 5.27. The van der Waals surface area contributed by atoms with E-state index in [0.717, 1.165) is 17.9 Å². The molecule has 2 aliphatic rings. The van der Waals surface area contributed by atoms with Crippen LogP contribution in [0, 0.1) is 0 Å². The van der Waals surface area contributed by atoms with Crippen LogP contribution in [0.5, 0.6) is 5.75 Å². The Morgan fingerprint density at radius 3 is 2.48 bits per heavy atom. The second-order valence-corrected chi connectivity index (χ2v) is 6.97. The van der Waals surface area contributed by atoms with Crippen LogP contribution in [0.1, 0.15) is 18.1 Å². The molecule has 29 heavy (non-hydrogen) atoms. The first kappa shape index (κ1) is 19.2. The first-order valence-electron chi connectivity index (χ1n) is 9.83. The Labute approximate surface area is 170 Å². The molecule has 0 saturated carbocycles. The molecule has 2 aliphatic heterocycles. The van der Waals surface area contributed by atoms with Gasteiger partial charge in [-0.3, -0.25) is 14.5 Å². The average Bonchev–Trinajstić information content (AvgIpc) is 3.26. The number of carbonyl (C=O) groups excluding carboxylic acids is 2. The molecule has 0 bridgehead atoms. The summed E-state index contributed by atoms with van der Waals surface area (Å²) in [6, 6.07) is 15.4. The molecule has 2 aromatic carbocycles. The lowest BCUT2D eigenvalue weighted by molar-refractivity contribution is -0.137. The number of rotatable bonds is 7. The normalized spacial score (nSPS) is 16.1. The van der Waals surface area contributed by atoms with Gasteiger partial charge in [0.15, 0.2) is 0 Å². The largest absolute Gasteiger partial charge is 0.494 e. The molecule has 0 aliphatic carbocycles. The average molecular weight is 392 g/mol. The number of carbonyl (C=O) groups is 2. The van der Waals surface area contributed by atoms with Gasteiger partial charge in [-0.2, -0.15) is 0 Å². The molecule has 0 radical (unpaired) electrons. The first-order valence-corrected chi connectivity index (χ1v) is 9.83. The van der Waals surface area contributed by atoms with Crippen molar-refractivity contribution in [2.45, 2.75) is 13.3 Å². The molecule has 0 atom stereocenters. The summed E-state index contributed by atoms with van der Waals surface area (Å²) in [5, 5.41) is 0. The molecule has 0 saturated heterocycles. The SMILES string of the molecule is CCOc1ccc(C2=C(N3CCc4ccccc43)C(=O)N(CCOC)C2=O)cc1. The molecule has 0 aromatic heterocycles. The van der Waals surface area contributed by atoms with E-state index >= 15 is 0 Å². The van der Waals surface area contributed by atoms with Crippen LogP contribution in [0.4, 0.5) is 5.69 Å². The highest BCUT2D eigenvalue weighted by Crippen LogP contribution is 2.38. The molecule has 0 fully saturated rings. The highest BCUT2D eigenvalue weighted by atomic mass is 16.5. The zero-order valence-electron chi connectivity index (χ0n) is 16.7. The predicted octanol–water partition coefficient (Wildman–Crippen LogP) is 2.87. The topological polar surface area (TPSA) is 59.1 Å². The molecule has 6 nitrogen and oxygen atoms in total. The van der Waals surface area contributed by atoms with E-state index in [-0.39, 0.29) is 18.4 Å². The summed E-state index contributed by atoms with van der Waals surface area (Å²) in [5.41, 5.74) is 3.76. The van der Waals surface area contributed by atoms with Crippen molar-refractivity contribution in [3.63, 3.8) is 0 Å². The minimum atomic E-state index is -0.282. The number of anilines is 1. The van der Waals surface area contributed by atoms with E-state index in [2.05, 4.69) is 6.07 Å². The maximum absolute atomic E-state index is 13.3. The maximum Gasteiger partial charge on any atom is 0.278 e. The van der Waals surface area contributed by atoms with E-state index in [0.29, 0.717) is 36.6 Å². The molecule has 2 heterocycles. The standard InChI is InChI=1S/C23H24N2O4/c1-3-29-18-10-8-17(9-11-18)20-21(23(27)25(22(20)26)14-15-28-2)24-13-12-16-6-4-5-7-19(16)24/h4-11H,3,12-15H2,1-2H3. The monoisotopic (exact) mass is 392 g/mol. The van der Waals surface area contributed by atoms with Crippen LogP contribution in [-0.4, -0.2) is 50.1 Å². The number of nitrogens with zero attached hydrogens (tertiary/aromatic N) is 2. The lowest BCUT2D eigenvalue weighted by Crippen LogP contribution is -2.37. The molecule has 4 rings (SSSR count). The fraction of sp³-hybridized carbons (Fsp3) is 0.304. The summed E-state index contributed by atoms with van der Waals surface area (Å²) in [7, 11) is 1.56. The van der Waals surface area contributed by atoms with Gasteiger partial charge in [0.1, 0.15) is 11.4 Å². The minimum absolute atomic E-state index is 0.230. The van der Waals surface area contributed by atoms with Gasteiger partial charge in [-0.25, -0.2) is 0 Å². The molecule has 0 spiro atoms. The third kappa shape index (κ3) is 3.40. The van der Waals surface area contributed by atoms with Crippen molar-refractivity contribution in [3.8, 4) is 5.75 Å². The fourth-order valence-electron chi connectivity index (χ4n) is 3.91. The second-order valence-electron chi connectivity index (χ2n) is 6.97. The molecular weight excluding hydrogens is 368 g/mol. The van der Waals surface area contributed by atoms with E-state index in [9.17, 15) is 9.59 Å². The van der Waals surface area contributed by atoms with Crippen LogP contribution >= 0.6 is 0 Å². The zero-order chi connectivity index (χ0) is 20.4. The van der Waals surface area contributed by atoms with Gasteiger partial charge in [0, 0.05) is 19.3 Å². The number of methoxy groups -OCH3 is 1. The van der Waals surface area contributed by atoms with Gasteiger partial charge < -0.3 is 14.4 Å². The number of benzene rings is 2. The number of hydrogen-bond donors (Lipinski definition) is 0. The summed E-state index contributed by atoms with van der Waals surface area (Å²) in [5.74, 6) is 0.182. The quantitative estimate of drug-likeness (QED) is 0.678. The Balaban J connectivity index is 1.79. The number of para-hydroxylation sites is 1. The summed E-state index contributed by atoms with van der Waals surface area (Å²) >= 11 is 0. The van der Waals surface area contributed by atoms with E-state index in [1.807, 2.05) is 54.3 Å². The van der Waals surface area contributed by atoms with Crippen molar-refractivity contribution in [1.29, 1.82) is 0 Å². The molecule has 2 amide bonds. The Bertz CT molecular complexity index is 965. The number of ether oxygens (including phenoxy) is 2. The van der Waals surface area contributed by atoms with Crippen molar-refractivity contribution in [2.24, 2.45) is 0 Å². The van der Waals surface area contributed by atoms with Gasteiger partial charge in [-0.05, 0) is 42.7 Å². The van der Waals surface area contributed by atoms with E-state index in [1.165, 1.54) is 10.5 Å². The van der Waals surface area contributed by atoms with E-state index in [4.69, 9.17) is 9.47 Å². The fourth-order valence-corrected chi connectivity index (χ4v) is 3.91. The summed E-state index contributed by atoms with van der Waals surface area (Å²) < 4.78 is 10.6. The lowest BCUT2D eigenvalue weighted by Gasteiger charge is -2.21. The summed E-state index contributed by atoms with van der Waals surface area (Å²) in [6.07, 6.45) is 0.843. The van der Waals surface area contributed by atoms with Gasteiger partial charge in [-0.1, -0.05) is 30.3 Å². The van der Waals surface area contributed by atoms with Crippen molar-refractivity contribution in [2.75, 3.05) is 38.3 Å². The highest BCUT2D eigenvalue weighted by molar-refractivity contribution is 6.36. The summed E-state index contributed by atoms with van der Waals surface area (Å²) in [6.45, 7) is 3.70. The number of hydrogen-bond acceptors (Lipinski definition) is 5. The number of imide groups is 1. The molecule has 0 unspecified atom stereocenters. The smallest absolute Gasteiger partial charge is 0.278 e. The molecule has 2 aromatic rings. The van der Waals surface area contributed by atoms with Crippen LogP contribution in [0.25, 0.3) is 5.57 Å². The van der Waals surface area contributed by atoms with Crippen molar-refractivity contribution in [3.05, 3.63) is 65.4 Å². The van der Waals surface area contributed by atoms with E-state index in [1.54, 1.807) is 7.11 Å². The van der Waals surface area contributed by atoms with Crippen LogP contribution in [-0.2, 0) is 20.7 Å². The van der Waals surface area contributed by atoms with Gasteiger partial charge in [0.2, 0.25) is 0 Å². The Morgan fingerprint density at radius 2 is 1.76 bits per heavy atom. The molecule has 150 valence electrons. The van der Waals surface area contributed by atoms with Crippen LogP contribution < -0.4 is 9.64 Å². The maximum atomic E-state index is 13.3. The van der Waals surface area contributed by atoms with Gasteiger partial charge in [0.25, 0.3) is 11.8 Å². The zero-order valence-corrected chi connectivity index (χ0v) is 16.7. The van der Waals surface area contributed by atoms with Crippen LogP contribution in [0.2, 0.25) is 0 Å². The molecular formula is C23H24N2O4. The third-order valence-electron chi connectivity index (χ3n) is 5.27. The van der Waals surface area contributed by atoms with Crippen LogP contribution in [0.3, 0.4) is 0 Å². The van der Waals surface area contributed by atoms with E-state index < -0.39 is 0 Å². The molecule has 6 heteroatoms. The van der Waals surface area contributed by atoms with Gasteiger partial charge in [0.05, 0.1) is 25.3 Å². The Kier molecular flexibility index (Phi) is 5.36. The van der Waals surface area contributed by atoms with Crippen molar-refractivity contribution < 1.29 is 19.1 Å². The van der Waals surface area contributed by atoms with Crippen molar-refractivity contribution >= 4 is 23.1 Å². The Morgan fingerprint density at radius 1 is 1.00 bits per heavy atom. The van der Waals surface area contributed by atoms with Gasteiger partial charge >= 0.3 is 0 Å². The number of fused-ring (bicyclic) bond motifs is 1. The lowest BCUT2D eigenvalue weighted by atomic mass is 10.0. The van der Waals surface area contributed by atoms with Gasteiger partial charge in [-0.15, -0.1) is 0 Å². The summed E-state index contributed by atoms with van der Waals surface area (Å²) in [4.78, 5) is 29.8. The predicted molar refractivity (Wildman–Crippen MR) is 111 cm³/mol. The Hall–Kier alpha value is -3.12. The van der Waals surface area contributed by atoms with Crippen LogP contribution in [0.15, 0.2) is 54.2 Å². The number of amides is 2. The highest BCUT2D eigenvalue weighted by Gasteiger charge is 2.42.